The minimum absolute atomic E-state index is 0.651. The van der Waals surface area contributed by atoms with Crippen LogP contribution < -0.4 is 14.9 Å². The van der Waals surface area contributed by atoms with Gasteiger partial charge < -0.3 is 9.47 Å². The molecule has 0 aliphatic carbocycles. The second kappa shape index (κ2) is 7.40. The number of benzene rings is 2. The summed E-state index contributed by atoms with van der Waals surface area (Å²) in [5.74, 6) is 1.48. The molecule has 3 rings (SSSR count). The van der Waals surface area contributed by atoms with Crippen molar-refractivity contribution in [1.29, 1.82) is 0 Å². The van der Waals surface area contributed by atoms with Crippen molar-refractivity contribution >= 4 is 33.9 Å². The number of anilines is 1. The Morgan fingerprint density at radius 1 is 1.08 bits per heavy atom. The van der Waals surface area contributed by atoms with Gasteiger partial charge in [-0.3, -0.25) is 10.4 Å². The minimum Gasteiger partial charge on any atom is -0.497 e. The predicted octanol–water partition coefficient (Wildman–Crippen LogP) is 4.74. The van der Waals surface area contributed by atoms with E-state index in [0.717, 1.165) is 39.4 Å². The van der Waals surface area contributed by atoms with E-state index < -0.39 is 0 Å². The van der Waals surface area contributed by atoms with E-state index in [4.69, 9.17) is 21.1 Å². The van der Waals surface area contributed by atoms with Crippen LogP contribution in [0.1, 0.15) is 12.5 Å². The van der Waals surface area contributed by atoms with Crippen LogP contribution in [0.2, 0.25) is 5.02 Å². The summed E-state index contributed by atoms with van der Waals surface area (Å²) >= 11 is 6.03. The van der Waals surface area contributed by atoms with Gasteiger partial charge in [0.25, 0.3) is 0 Å². The maximum absolute atomic E-state index is 6.03. The first-order chi connectivity index (χ1) is 12.1. The van der Waals surface area contributed by atoms with Gasteiger partial charge in [-0.2, -0.15) is 5.10 Å². The number of hydrogen-bond acceptors (Lipinski definition) is 5. The molecule has 128 valence electrons. The van der Waals surface area contributed by atoms with Crippen molar-refractivity contribution in [3.63, 3.8) is 0 Å². The highest BCUT2D eigenvalue weighted by atomic mass is 35.5. The molecule has 0 bridgehead atoms. The smallest absolute Gasteiger partial charge is 0.128 e. The number of methoxy groups -OCH3 is 2. The first-order valence-corrected chi connectivity index (χ1v) is 8.07. The number of rotatable bonds is 5. The lowest BCUT2D eigenvalue weighted by Gasteiger charge is -2.11. The van der Waals surface area contributed by atoms with Crippen LogP contribution in [0, 0.1) is 0 Å². The molecule has 0 saturated carbocycles. The van der Waals surface area contributed by atoms with Crippen LogP contribution in [-0.4, -0.2) is 24.9 Å². The van der Waals surface area contributed by atoms with Gasteiger partial charge in [-0.1, -0.05) is 11.6 Å². The fourth-order valence-corrected chi connectivity index (χ4v) is 2.69. The third kappa shape index (κ3) is 3.67. The quantitative estimate of drug-likeness (QED) is 0.530. The number of nitrogens with one attached hydrogen (secondary N) is 1. The Morgan fingerprint density at radius 2 is 1.92 bits per heavy atom. The molecule has 5 nitrogen and oxygen atoms in total. The van der Waals surface area contributed by atoms with E-state index in [1.54, 1.807) is 20.4 Å². The number of hydrogen-bond donors (Lipinski definition) is 1. The summed E-state index contributed by atoms with van der Waals surface area (Å²) in [5.41, 5.74) is 6.39. The van der Waals surface area contributed by atoms with E-state index in [9.17, 15) is 0 Å². The maximum Gasteiger partial charge on any atom is 0.128 e. The van der Waals surface area contributed by atoms with Crippen LogP contribution >= 0.6 is 11.6 Å². The molecule has 0 spiro atoms. The molecule has 3 aromatic rings. The molecule has 0 radical (unpaired) electrons. The lowest BCUT2D eigenvalue weighted by atomic mass is 10.1. The van der Waals surface area contributed by atoms with Crippen molar-refractivity contribution in [2.24, 2.45) is 5.10 Å². The van der Waals surface area contributed by atoms with E-state index in [0.29, 0.717) is 5.02 Å². The molecule has 6 heteroatoms. The van der Waals surface area contributed by atoms with Crippen LogP contribution in [0.4, 0.5) is 5.69 Å². The molecule has 2 aromatic carbocycles. The topological polar surface area (TPSA) is 55.7 Å². The summed E-state index contributed by atoms with van der Waals surface area (Å²) < 4.78 is 10.7. The normalized spacial score (nSPS) is 11.4. The fourth-order valence-electron chi connectivity index (χ4n) is 2.52. The number of halogens is 1. The third-order valence-corrected chi connectivity index (χ3v) is 4.08. The summed E-state index contributed by atoms with van der Waals surface area (Å²) in [4.78, 5) is 4.33. The van der Waals surface area contributed by atoms with Crippen molar-refractivity contribution in [3.05, 3.63) is 59.2 Å². The second-order valence-electron chi connectivity index (χ2n) is 5.40. The Bertz CT molecular complexity index is 941. The van der Waals surface area contributed by atoms with Crippen molar-refractivity contribution in [3.8, 4) is 11.5 Å². The average molecular weight is 356 g/mol. The molecule has 0 fully saturated rings. The van der Waals surface area contributed by atoms with Gasteiger partial charge >= 0.3 is 0 Å². The predicted molar refractivity (Wildman–Crippen MR) is 102 cm³/mol. The second-order valence-corrected chi connectivity index (χ2v) is 5.83. The van der Waals surface area contributed by atoms with Gasteiger partial charge in [0.05, 0.1) is 31.1 Å². The first kappa shape index (κ1) is 17.0. The highest BCUT2D eigenvalue weighted by Gasteiger charge is 2.09. The highest BCUT2D eigenvalue weighted by Crippen LogP contribution is 2.26. The molecule has 0 aliphatic rings. The lowest BCUT2D eigenvalue weighted by molar-refractivity contribution is 0.402. The van der Waals surface area contributed by atoms with Crippen LogP contribution in [-0.2, 0) is 0 Å². The summed E-state index contributed by atoms with van der Waals surface area (Å²) in [6.07, 6.45) is 1.72. The molecule has 0 amide bonds. The zero-order chi connectivity index (χ0) is 17.8. The molecule has 0 aliphatic heterocycles. The molecule has 25 heavy (non-hydrogen) atoms. The zero-order valence-electron chi connectivity index (χ0n) is 14.2. The number of aromatic nitrogens is 1. The highest BCUT2D eigenvalue weighted by molar-refractivity contribution is 6.31. The van der Waals surface area contributed by atoms with Crippen molar-refractivity contribution < 1.29 is 9.47 Å². The molecular weight excluding hydrogens is 338 g/mol. The van der Waals surface area contributed by atoms with Crippen LogP contribution in [0.25, 0.3) is 10.9 Å². The molecule has 1 aromatic heterocycles. The molecule has 0 unspecified atom stereocenters. The Kier molecular flexibility index (Phi) is 5.05. The summed E-state index contributed by atoms with van der Waals surface area (Å²) in [6.45, 7) is 1.91. The number of nitrogens with zero attached hydrogens (tertiary/aromatic N) is 2. The van der Waals surface area contributed by atoms with Crippen LogP contribution in [0.5, 0.6) is 11.5 Å². The van der Waals surface area contributed by atoms with Gasteiger partial charge in [0, 0.05) is 22.2 Å². The van der Waals surface area contributed by atoms with Gasteiger partial charge in [-0.05, 0) is 49.4 Å². The Balaban J connectivity index is 1.95. The van der Waals surface area contributed by atoms with Gasteiger partial charge in [0.15, 0.2) is 0 Å². The number of pyridine rings is 1. The number of ether oxygens (including phenoxy) is 2. The zero-order valence-corrected chi connectivity index (χ0v) is 15.0. The summed E-state index contributed by atoms with van der Waals surface area (Å²) in [5, 5.41) is 6.09. The molecular formula is C19H18ClN3O2. The van der Waals surface area contributed by atoms with E-state index in [2.05, 4.69) is 15.5 Å². The molecule has 1 heterocycles. The van der Waals surface area contributed by atoms with Gasteiger partial charge in [-0.15, -0.1) is 0 Å². The lowest BCUT2D eigenvalue weighted by Crippen LogP contribution is -2.03. The monoisotopic (exact) mass is 355 g/mol. The van der Waals surface area contributed by atoms with E-state index in [1.165, 1.54) is 0 Å². The SMILES string of the molecule is COc1ccc(OC)c(/C(C)=N\Nc2ccnc3cc(Cl)ccc23)c1. The van der Waals surface area contributed by atoms with E-state index in [-0.39, 0.29) is 0 Å². The number of fused-ring (bicyclic) bond motifs is 1. The molecule has 0 atom stereocenters. The Morgan fingerprint density at radius 3 is 2.68 bits per heavy atom. The van der Waals surface area contributed by atoms with Crippen molar-refractivity contribution in [2.45, 2.75) is 6.92 Å². The largest absolute Gasteiger partial charge is 0.497 e. The van der Waals surface area contributed by atoms with Crippen LogP contribution in [0.15, 0.2) is 53.8 Å². The summed E-state index contributed by atoms with van der Waals surface area (Å²) in [6, 6.07) is 13.0. The van der Waals surface area contributed by atoms with Gasteiger partial charge in [-0.25, -0.2) is 0 Å². The first-order valence-electron chi connectivity index (χ1n) is 7.69. The average Bonchev–Trinajstić information content (AvgIpc) is 2.65. The maximum atomic E-state index is 6.03. The van der Waals surface area contributed by atoms with E-state index >= 15 is 0 Å². The Labute approximate surface area is 151 Å². The number of hydrazone groups is 1. The molecule has 1 N–H and O–H groups in total. The van der Waals surface area contributed by atoms with Gasteiger partial charge in [0.1, 0.15) is 11.5 Å². The third-order valence-electron chi connectivity index (χ3n) is 3.85. The Hall–Kier alpha value is -2.79. The summed E-state index contributed by atoms with van der Waals surface area (Å²) in [7, 11) is 3.26. The fraction of sp³-hybridized carbons (Fsp3) is 0.158. The molecule has 0 saturated heterocycles. The van der Waals surface area contributed by atoms with Gasteiger partial charge in [0.2, 0.25) is 0 Å². The van der Waals surface area contributed by atoms with Crippen molar-refractivity contribution in [1.82, 2.24) is 4.98 Å². The van der Waals surface area contributed by atoms with Crippen LogP contribution in [0.3, 0.4) is 0 Å². The standard InChI is InChI=1S/C19H18ClN3O2/c1-12(16-11-14(24-2)5-7-19(16)25-3)22-23-17-8-9-21-18-10-13(20)4-6-15(17)18/h4-11H,1-3H3,(H,21,23)/b22-12-. The van der Waals surface area contributed by atoms with E-state index in [1.807, 2.05) is 49.4 Å². The minimum atomic E-state index is 0.651. The van der Waals surface area contributed by atoms with Crippen molar-refractivity contribution in [2.75, 3.05) is 19.6 Å².